The topological polar surface area (TPSA) is 351 Å². The maximum absolute atomic E-state index is 13.7. The first-order valence-electron chi connectivity index (χ1n) is 21.0. The third-order valence-electron chi connectivity index (χ3n) is 9.98. The molecule has 62 heavy (non-hydrogen) atoms. The molecule has 0 aliphatic carbocycles. The molecule has 0 aliphatic rings. The number of carboxylic acid groups (broad SMARTS) is 1. The summed E-state index contributed by atoms with van der Waals surface area (Å²) in [4.78, 5) is 129. The van der Waals surface area contributed by atoms with Gasteiger partial charge in [0, 0.05) is 0 Å². The Labute approximate surface area is 363 Å². The number of nitrogens with one attached hydrogen (secondary N) is 7. The summed E-state index contributed by atoms with van der Waals surface area (Å²) in [6, 6.07) is -7.47. The highest BCUT2D eigenvalue weighted by Gasteiger charge is 2.42. The van der Waals surface area contributed by atoms with Crippen molar-refractivity contribution in [3.8, 4) is 0 Å². The van der Waals surface area contributed by atoms with Crippen LogP contribution in [-0.4, -0.2) is 143 Å². The zero-order valence-electron chi connectivity index (χ0n) is 37.8. The number of aliphatic carboxylic acids is 1. The second kappa shape index (κ2) is 28.4. The molecule has 9 amide bonds. The van der Waals surface area contributed by atoms with Crippen LogP contribution in [0.25, 0.3) is 0 Å². The lowest BCUT2D eigenvalue weighted by atomic mass is 9.92. The van der Waals surface area contributed by atoms with E-state index in [0.29, 0.717) is 12.8 Å². The molecule has 0 spiro atoms. The molecule has 0 heterocycles. The summed E-state index contributed by atoms with van der Waals surface area (Å²) in [6.45, 7) is 14.0. The fourth-order valence-electron chi connectivity index (χ4n) is 5.87. The smallest absolute Gasteiger partial charge is 0.322 e. The van der Waals surface area contributed by atoms with Crippen LogP contribution < -0.4 is 48.7 Å². The minimum Gasteiger partial charge on any atom is -0.480 e. The number of aliphatic hydroxyl groups excluding tert-OH is 1. The van der Waals surface area contributed by atoms with E-state index in [0.717, 1.165) is 4.90 Å². The van der Waals surface area contributed by atoms with Crippen LogP contribution in [0.15, 0.2) is 0 Å². The Morgan fingerprint density at radius 1 is 0.516 bits per heavy atom. The zero-order valence-corrected chi connectivity index (χ0v) is 37.8. The van der Waals surface area contributed by atoms with E-state index in [1.54, 1.807) is 55.4 Å². The molecule has 22 heteroatoms. The third kappa shape index (κ3) is 20.1. The molecule has 0 aromatic rings. The molecular formula is C40H72N10O12. The largest absolute Gasteiger partial charge is 0.480 e. The summed E-state index contributed by atoms with van der Waals surface area (Å²) in [6.07, 6.45) is 1.29. The van der Waals surface area contributed by atoms with Gasteiger partial charge in [-0.15, -0.1) is 0 Å². The summed E-state index contributed by atoms with van der Waals surface area (Å²) in [5, 5.41) is 34.9. The van der Waals surface area contributed by atoms with Crippen molar-refractivity contribution in [2.75, 3.05) is 32.8 Å². The van der Waals surface area contributed by atoms with Crippen LogP contribution in [0, 0.1) is 29.6 Å². The second-order valence-corrected chi connectivity index (χ2v) is 16.6. The van der Waals surface area contributed by atoms with Gasteiger partial charge in [-0.1, -0.05) is 82.1 Å². The molecule has 0 aliphatic heterocycles. The van der Waals surface area contributed by atoms with Crippen molar-refractivity contribution in [2.45, 2.75) is 131 Å². The van der Waals surface area contributed by atoms with E-state index in [9.17, 15) is 53.1 Å². The maximum Gasteiger partial charge on any atom is 0.322 e. The number of carboxylic acids is 1. The molecule has 354 valence electrons. The normalized spacial score (nSPS) is 15.1. The highest BCUT2D eigenvalue weighted by Crippen LogP contribution is 2.20. The predicted octanol–water partition coefficient (Wildman–Crippen LogP) is -2.80. The van der Waals surface area contributed by atoms with Crippen molar-refractivity contribution in [2.24, 2.45) is 41.1 Å². The number of aliphatic hydroxyl groups is 1. The Morgan fingerprint density at radius 2 is 0.903 bits per heavy atom. The highest BCUT2D eigenvalue weighted by molar-refractivity contribution is 6.04. The number of carbonyl (C=O) groups is 10. The molecule has 0 rings (SSSR count). The number of amides is 9. The number of rotatable bonds is 28. The van der Waals surface area contributed by atoms with Crippen molar-refractivity contribution < 1.29 is 58.2 Å². The summed E-state index contributed by atoms with van der Waals surface area (Å²) in [5.41, 5.74) is 12.5. The number of hydrogen-bond acceptors (Lipinski definition) is 13. The number of hydrogen-bond donors (Lipinski definition) is 11. The van der Waals surface area contributed by atoms with Crippen molar-refractivity contribution in [1.82, 2.24) is 42.1 Å². The minimum atomic E-state index is -1.53. The molecule has 0 saturated carbocycles. The first kappa shape index (κ1) is 56.8. The molecule has 0 aromatic carbocycles. The lowest BCUT2D eigenvalue weighted by Gasteiger charge is -2.36. The van der Waals surface area contributed by atoms with Crippen molar-refractivity contribution in [3.63, 3.8) is 0 Å². The van der Waals surface area contributed by atoms with Crippen LogP contribution >= 0.6 is 0 Å². The van der Waals surface area contributed by atoms with Gasteiger partial charge < -0.3 is 58.9 Å². The SMILES string of the molecule is CCC(C)C(N)C(=O)N(C(=O)C(N)C(C)CC)C(C(=O)NCC(=O)NC(CC(C)C)C(=O)NCC(=O)NCC(=O)NC(CO)C(=O)NC(CC(C)C)C(=O)NCC(=O)O)C(C)C. The second-order valence-electron chi connectivity index (χ2n) is 16.6. The standard InChI is InChI=1S/C40H72N10O12/c1-11-23(9)32(41)39(61)50(40(62)33(42)24(10)12-2)34(22(7)8)38(60)45-17-30(54)47-25(13-20(3)4)35(57)44-15-28(52)43-16-29(53)48-27(19-51)37(59)49-26(14-21(5)6)36(58)46-18-31(55)56/h20-27,32-34,51H,11-19,41-42H2,1-10H3,(H,43,52)(H,44,57)(H,45,60)(H,46,58)(H,47,54)(H,48,53)(H,49,59)(H,55,56). The third-order valence-corrected chi connectivity index (χ3v) is 9.98. The first-order valence-corrected chi connectivity index (χ1v) is 21.0. The number of nitrogens with two attached hydrogens (primary N) is 2. The van der Waals surface area contributed by atoms with Crippen LogP contribution in [0.3, 0.4) is 0 Å². The summed E-state index contributed by atoms with van der Waals surface area (Å²) >= 11 is 0. The fraction of sp³-hybridized carbons (Fsp3) is 0.750. The van der Waals surface area contributed by atoms with Gasteiger partial charge in [-0.3, -0.25) is 52.8 Å². The van der Waals surface area contributed by atoms with Crippen LogP contribution in [0.1, 0.15) is 94.9 Å². The molecule has 22 nitrogen and oxygen atoms in total. The van der Waals surface area contributed by atoms with E-state index >= 15 is 0 Å². The van der Waals surface area contributed by atoms with Crippen LogP contribution in [0.5, 0.6) is 0 Å². The molecule has 0 saturated heterocycles. The number of nitrogens with zero attached hydrogens (tertiary/aromatic N) is 1. The van der Waals surface area contributed by atoms with Gasteiger partial charge in [0.05, 0.1) is 38.3 Å². The van der Waals surface area contributed by atoms with Gasteiger partial charge in [0.25, 0.3) is 0 Å². The predicted molar refractivity (Wildman–Crippen MR) is 227 cm³/mol. The molecule has 13 N–H and O–H groups in total. The van der Waals surface area contributed by atoms with Gasteiger partial charge in [0.15, 0.2) is 0 Å². The maximum atomic E-state index is 13.7. The zero-order chi connectivity index (χ0) is 48.0. The van der Waals surface area contributed by atoms with Gasteiger partial charge in [0.1, 0.15) is 30.7 Å². The Morgan fingerprint density at radius 3 is 1.31 bits per heavy atom. The van der Waals surface area contributed by atoms with Gasteiger partial charge in [-0.05, 0) is 42.4 Å². The Kier molecular flexibility index (Phi) is 26.0. The van der Waals surface area contributed by atoms with Gasteiger partial charge in [0.2, 0.25) is 53.2 Å². The minimum absolute atomic E-state index is 0.102. The molecule has 0 fully saturated rings. The van der Waals surface area contributed by atoms with E-state index in [-0.39, 0.29) is 36.5 Å². The van der Waals surface area contributed by atoms with E-state index in [2.05, 4.69) is 37.2 Å². The Bertz CT molecular complexity index is 1530. The van der Waals surface area contributed by atoms with E-state index in [4.69, 9.17) is 16.6 Å². The highest BCUT2D eigenvalue weighted by atomic mass is 16.4. The Hall–Kier alpha value is -5.22. The molecule has 0 bridgehead atoms. The summed E-state index contributed by atoms with van der Waals surface area (Å²) in [7, 11) is 0. The van der Waals surface area contributed by atoms with Gasteiger partial charge >= 0.3 is 5.97 Å². The number of carbonyl (C=O) groups excluding carboxylic acids is 9. The van der Waals surface area contributed by atoms with E-state index in [1.165, 1.54) is 0 Å². The van der Waals surface area contributed by atoms with Crippen LogP contribution in [-0.2, 0) is 47.9 Å². The van der Waals surface area contributed by atoms with Gasteiger partial charge in [-0.2, -0.15) is 0 Å². The molecule has 0 radical (unpaired) electrons. The van der Waals surface area contributed by atoms with Crippen LogP contribution in [0.4, 0.5) is 0 Å². The lowest BCUT2D eigenvalue weighted by Crippen LogP contribution is -2.63. The average Bonchev–Trinajstić information content (AvgIpc) is 3.21. The van der Waals surface area contributed by atoms with E-state index in [1.807, 2.05) is 13.8 Å². The van der Waals surface area contributed by atoms with E-state index < -0.39 is 134 Å². The molecule has 8 atom stereocenters. The monoisotopic (exact) mass is 885 g/mol. The number of imide groups is 1. The summed E-state index contributed by atoms with van der Waals surface area (Å²) in [5.74, 6) is -10.2. The van der Waals surface area contributed by atoms with Gasteiger partial charge in [-0.25, -0.2) is 0 Å². The molecule has 8 unspecified atom stereocenters. The summed E-state index contributed by atoms with van der Waals surface area (Å²) < 4.78 is 0. The first-order chi connectivity index (χ1) is 28.8. The van der Waals surface area contributed by atoms with Crippen LogP contribution in [0.2, 0.25) is 0 Å². The quantitative estimate of drug-likeness (QED) is 0.0378. The van der Waals surface area contributed by atoms with Crippen molar-refractivity contribution in [3.05, 3.63) is 0 Å². The Balaban J connectivity index is 5.60. The van der Waals surface area contributed by atoms with Crippen molar-refractivity contribution >= 4 is 59.1 Å². The average molecular weight is 885 g/mol. The fourth-order valence-corrected chi connectivity index (χ4v) is 5.87. The lowest BCUT2D eigenvalue weighted by molar-refractivity contribution is -0.156. The molecular weight excluding hydrogens is 812 g/mol. The molecule has 0 aromatic heterocycles. The van der Waals surface area contributed by atoms with Crippen molar-refractivity contribution in [1.29, 1.82) is 0 Å².